The molecule has 4 atom stereocenters. The number of likely N-dealkylation sites (N-methyl/N-ethyl adjacent to an activating group) is 1. The number of aromatic nitrogens is 4. The number of Topliss-reactive ketones (excluding diaryl/α,β-unsaturated/α-hetero) is 1. The minimum absolute atomic E-state index is 0.0127. The highest BCUT2D eigenvalue weighted by Crippen LogP contribution is 2.36. The van der Waals surface area contributed by atoms with Crippen LogP contribution in [0.2, 0.25) is 10.0 Å². The summed E-state index contributed by atoms with van der Waals surface area (Å²) >= 11 is 12.8. The number of carbonyl (C=O) groups excluding carboxylic acids is 4. The molecule has 2 aliphatic rings. The lowest BCUT2D eigenvalue weighted by Gasteiger charge is -2.50. The number of ketones is 1. The number of fused-ring (bicyclic) bond motifs is 2. The number of amides is 3. The largest absolute Gasteiger partial charge is 0.455 e. The molecule has 3 amide bonds. The first-order chi connectivity index (χ1) is 31.6. The van der Waals surface area contributed by atoms with E-state index in [2.05, 4.69) is 15.0 Å². The molecule has 3 aromatic heterocycles. The number of imidazole rings is 1. The highest BCUT2D eigenvalue weighted by Gasteiger charge is 2.46. The molecule has 0 saturated carbocycles. The van der Waals surface area contributed by atoms with Gasteiger partial charge >= 0.3 is 0 Å². The Morgan fingerprint density at radius 2 is 1.64 bits per heavy atom. The molecule has 0 N–H and O–H groups in total. The normalized spacial score (nSPS) is 21.1. The topological polar surface area (TPSA) is 143 Å². The van der Waals surface area contributed by atoms with Gasteiger partial charge in [-0.15, -0.1) is 0 Å². The molecule has 348 valence electrons. The molecule has 5 aromatic rings. The van der Waals surface area contributed by atoms with Gasteiger partial charge < -0.3 is 33.6 Å². The number of methoxy groups -OCH3 is 1. The van der Waals surface area contributed by atoms with Crippen molar-refractivity contribution >= 4 is 46.7 Å². The first kappa shape index (κ1) is 48.3. The average molecular weight is 938 g/mol. The molecule has 2 aliphatic heterocycles. The van der Waals surface area contributed by atoms with Crippen molar-refractivity contribution in [3.05, 3.63) is 124 Å². The van der Waals surface area contributed by atoms with Gasteiger partial charge in [0.15, 0.2) is 5.78 Å². The van der Waals surface area contributed by atoms with E-state index in [9.17, 15) is 9.59 Å². The quantitative estimate of drug-likeness (QED) is 0.118. The summed E-state index contributed by atoms with van der Waals surface area (Å²) in [5.74, 6) is -1.21. The number of pyridine rings is 2. The van der Waals surface area contributed by atoms with Crippen molar-refractivity contribution in [1.29, 1.82) is 0 Å². The van der Waals surface area contributed by atoms with E-state index in [-0.39, 0.29) is 56.6 Å². The van der Waals surface area contributed by atoms with E-state index in [0.717, 1.165) is 17.1 Å². The number of carbonyl (C=O) groups is 4. The van der Waals surface area contributed by atoms with Gasteiger partial charge in [0.1, 0.15) is 17.3 Å². The zero-order valence-corrected chi connectivity index (χ0v) is 40.0. The van der Waals surface area contributed by atoms with Crippen LogP contribution in [0.15, 0.2) is 91.4 Å². The van der Waals surface area contributed by atoms with Crippen LogP contribution in [0.5, 0.6) is 11.5 Å². The van der Waals surface area contributed by atoms with Gasteiger partial charge in [0, 0.05) is 81.1 Å². The van der Waals surface area contributed by atoms with E-state index in [0.29, 0.717) is 70.8 Å². The summed E-state index contributed by atoms with van der Waals surface area (Å²) in [4.78, 5) is 80.3. The molecule has 5 heterocycles. The van der Waals surface area contributed by atoms with Crippen LogP contribution in [0.25, 0.3) is 11.4 Å². The molecule has 1 unspecified atom stereocenters. The van der Waals surface area contributed by atoms with Crippen LogP contribution in [0, 0.1) is 11.8 Å². The van der Waals surface area contributed by atoms with Crippen molar-refractivity contribution in [3.63, 3.8) is 0 Å². The highest BCUT2D eigenvalue weighted by atomic mass is 35.5. The van der Waals surface area contributed by atoms with Crippen LogP contribution in [-0.2, 0) is 56.9 Å². The van der Waals surface area contributed by atoms with E-state index >= 15 is 9.59 Å². The van der Waals surface area contributed by atoms with Gasteiger partial charge in [0.25, 0.3) is 0 Å². The number of nitrogens with zero attached hydrogens (tertiary/aromatic N) is 8. The Morgan fingerprint density at radius 3 is 2.33 bits per heavy atom. The second kappa shape index (κ2) is 21.3. The van der Waals surface area contributed by atoms with Gasteiger partial charge in [-0.25, -0.2) is 4.98 Å². The average Bonchev–Trinajstić information content (AvgIpc) is 3.66. The van der Waals surface area contributed by atoms with Crippen molar-refractivity contribution in [1.82, 2.24) is 39.1 Å². The Labute approximate surface area is 396 Å². The number of rotatable bonds is 13. The zero-order chi connectivity index (χ0) is 47.1. The molecule has 0 spiro atoms. The fraction of sp³-hybridized carbons (Fsp3) is 0.420. The number of hydrogen-bond donors (Lipinski definition) is 0. The molecule has 66 heavy (non-hydrogen) atoms. The first-order valence-corrected chi connectivity index (χ1v) is 23.0. The predicted molar refractivity (Wildman–Crippen MR) is 253 cm³/mol. The first-order valence-electron chi connectivity index (χ1n) is 22.2. The second-order valence-corrected chi connectivity index (χ2v) is 18.7. The zero-order valence-electron chi connectivity index (χ0n) is 38.5. The maximum absolute atomic E-state index is 15.0. The van der Waals surface area contributed by atoms with E-state index in [1.54, 1.807) is 67.8 Å². The summed E-state index contributed by atoms with van der Waals surface area (Å²) in [6.07, 6.45) is 6.59. The Bertz CT molecular complexity index is 2500. The monoisotopic (exact) mass is 936 g/mol. The molecule has 0 aliphatic carbocycles. The molecule has 0 radical (unpaired) electrons. The van der Waals surface area contributed by atoms with Crippen molar-refractivity contribution < 1.29 is 28.7 Å². The minimum atomic E-state index is -1.01. The fourth-order valence-electron chi connectivity index (χ4n) is 9.15. The summed E-state index contributed by atoms with van der Waals surface area (Å²) < 4.78 is 14.0. The Morgan fingerprint density at radius 1 is 0.864 bits per heavy atom. The SMILES string of the molecule is COC[C@@H]1CC(=O)[C@H](C)N(Cc2ccc(Cl)cc2Oc2ccc(-c3cnc(CN(C)C)n3C)nc2)C(=O)CC(Cc2ccccn2)C(=O)N2CCC[C@@](Cc3ccc(Cl)cc3)(C2)N(C)C1=O. The summed E-state index contributed by atoms with van der Waals surface area (Å²) in [7, 11) is 9.19. The Balaban J connectivity index is 1.23. The van der Waals surface area contributed by atoms with Gasteiger partial charge in [-0.05, 0) is 94.4 Å². The van der Waals surface area contributed by atoms with Crippen LogP contribution >= 0.6 is 23.2 Å². The maximum atomic E-state index is 15.0. The highest BCUT2D eigenvalue weighted by molar-refractivity contribution is 6.31. The predicted octanol–water partition coefficient (Wildman–Crippen LogP) is 7.30. The molecule has 2 aromatic carbocycles. The number of piperidine rings is 1. The van der Waals surface area contributed by atoms with Crippen molar-refractivity contribution in [2.24, 2.45) is 18.9 Å². The van der Waals surface area contributed by atoms with Crippen LogP contribution in [0.4, 0.5) is 0 Å². The third-order valence-corrected chi connectivity index (χ3v) is 13.4. The molecule has 14 nitrogen and oxygen atoms in total. The van der Waals surface area contributed by atoms with E-state index in [1.165, 1.54) is 12.0 Å². The van der Waals surface area contributed by atoms with Crippen molar-refractivity contribution in [2.75, 3.05) is 47.9 Å². The Kier molecular flexibility index (Phi) is 15.6. The van der Waals surface area contributed by atoms with Gasteiger partial charge in [-0.2, -0.15) is 0 Å². The van der Waals surface area contributed by atoms with Crippen molar-refractivity contribution in [3.8, 4) is 22.9 Å². The molecular formula is C50H58Cl2N8O6. The number of ether oxygens (including phenoxy) is 2. The molecule has 2 bridgehead atoms. The van der Waals surface area contributed by atoms with Gasteiger partial charge in [0.05, 0.1) is 66.9 Å². The van der Waals surface area contributed by atoms with Crippen molar-refractivity contribution in [2.45, 2.75) is 70.1 Å². The molecule has 2 saturated heterocycles. The Hall–Kier alpha value is -5.67. The lowest BCUT2D eigenvalue weighted by atomic mass is 9.80. The van der Waals surface area contributed by atoms with E-state index in [4.69, 9.17) is 32.7 Å². The number of hydrogen-bond acceptors (Lipinski definition) is 10. The third kappa shape index (κ3) is 11.3. The summed E-state index contributed by atoms with van der Waals surface area (Å²) in [6.45, 7) is 2.96. The smallest absolute Gasteiger partial charge is 0.228 e. The summed E-state index contributed by atoms with van der Waals surface area (Å²) in [5.41, 5.74) is 2.92. The maximum Gasteiger partial charge on any atom is 0.228 e. The minimum Gasteiger partial charge on any atom is -0.455 e. The van der Waals surface area contributed by atoms with Crippen LogP contribution in [-0.4, -0.2) is 122 Å². The van der Waals surface area contributed by atoms with Gasteiger partial charge in [-0.1, -0.05) is 47.5 Å². The standard InChI is InChI=1S/C50H58Cl2N8O6/c1-33-44(61)23-37(31-65-6)48(63)58(5)50(26-34-11-14-38(51)15-12-34)19-9-21-59(32-50)49(64)36(22-40-10-7-8-20-53-40)24-47(62)60(33)29-35-13-16-39(52)25-45(35)66-41-17-18-42(54-27-41)43-28-55-46(57(43)4)30-56(2)3/h7-8,10-18,20,25,27-28,33,36-37H,9,19,21-24,26,29-32H2,1-6H3/t33-,36?,37-,50+/m0/s1. The van der Waals surface area contributed by atoms with Crippen LogP contribution in [0.1, 0.15) is 55.3 Å². The summed E-state index contributed by atoms with van der Waals surface area (Å²) in [6, 6.07) is 20.8. The lowest BCUT2D eigenvalue weighted by molar-refractivity contribution is -0.154. The van der Waals surface area contributed by atoms with Gasteiger partial charge in [-0.3, -0.25) is 29.1 Å². The molecule has 2 fully saturated rings. The molecule has 16 heteroatoms. The fourth-order valence-corrected chi connectivity index (χ4v) is 9.44. The van der Waals surface area contributed by atoms with Crippen LogP contribution in [0.3, 0.4) is 0 Å². The second-order valence-electron chi connectivity index (χ2n) is 17.8. The lowest BCUT2D eigenvalue weighted by Crippen LogP contribution is -2.63. The van der Waals surface area contributed by atoms with E-state index < -0.39 is 29.3 Å². The third-order valence-electron chi connectivity index (χ3n) is 12.9. The van der Waals surface area contributed by atoms with Crippen LogP contribution < -0.4 is 4.74 Å². The number of halogens is 2. The molecule has 7 rings (SSSR count). The molecular weight excluding hydrogens is 880 g/mol. The van der Waals surface area contributed by atoms with Gasteiger partial charge in [0.2, 0.25) is 17.7 Å². The van der Waals surface area contributed by atoms with E-state index in [1.807, 2.05) is 78.0 Å². The number of benzene rings is 2. The summed E-state index contributed by atoms with van der Waals surface area (Å²) in [5, 5.41) is 0.993.